The molecule has 7 heteroatoms. The molecular weight excluding hydrogens is 323 g/mol. The van der Waals surface area contributed by atoms with E-state index in [0.717, 1.165) is 12.8 Å². The fourth-order valence-corrected chi connectivity index (χ4v) is 2.84. The number of nitrogens with two attached hydrogens (primary N) is 1. The number of esters is 1. The van der Waals surface area contributed by atoms with Crippen LogP contribution in [0.3, 0.4) is 0 Å². The molecule has 0 aliphatic heterocycles. The van der Waals surface area contributed by atoms with E-state index in [4.69, 9.17) is 5.73 Å². The van der Waals surface area contributed by atoms with Gasteiger partial charge in [0.15, 0.2) is 0 Å². The molecule has 0 saturated heterocycles. The molecule has 1 unspecified atom stereocenters. The van der Waals surface area contributed by atoms with Gasteiger partial charge in [0, 0.05) is 5.56 Å². The number of hydrogen-bond donors (Lipinski definition) is 1. The zero-order valence-corrected chi connectivity index (χ0v) is 14.3. The number of nitriles is 1. The number of carbonyl (C=O) groups is 1. The average Bonchev–Trinajstić information content (AvgIpc) is 3.25. The van der Waals surface area contributed by atoms with Crippen LogP contribution in [0.2, 0.25) is 0 Å². The molecule has 130 valence electrons. The summed E-state index contributed by atoms with van der Waals surface area (Å²) in [6, 6.07) is 6.45. The Kier molecular flexibility index (Phi) is 3.99. The van der Waals surface area contributed by atoms with Crippen molar-refractivity contribution in [1.82, 2.24) is 9.78 Å². The van der Waals surface area contributed by atoms with Gasteiger partial charge in [0.2, 0.25) is 0 Å². The zero-order chi connectivity index (χ0) is 18.4. The van der Waals surface area contributed by atoms with Gasteiger partial charge in [0.05, 0.1) is 18.6 Å². The molecule has 2 aromatic rings. The summed E-state index contributed by atoms with van der Waals surface area (Å²) >= 11 is 0. The molecule has 1 fully saturated rings. The van der Waals surface area contributed by atoms with E-state index in [1.54, 1.807) is 17.7 Å². The lowest BCUT2D eigenvalue weighted by molar-refractivity contribution is -0.141. The Morgan fingerprint density at radius 1 is 1.52 bits per heavy atom. The predicted octanol–water partition coefficient (Wildman–Crippen LogP) is 2.93. The number of nitrogen functional groups attached to an aromatic ring is 1. The van der Waals surface area contributed by atoms with Gasteiger partial charge in [0.1, 0.15) is 29.0 Å². The Morgan fingerprint density at radius 3 is 2.72 bits per heavy atom. The Hall–Kier alpha value is -2.88. The molecular formula is C18H19FN4O2. The molecule has 1 aliphatic carbocycles. The lowest BCUT2D eigenvalue weighted by Gasteiger charge is -2.11. The first kappa shape index (κ1) is 17.0. The van der Waals surface area contributed by atoms with E-state index in [0.29, 0.717) is 5.56 Å². The van der Waals surface area contributed by atoms with Crippen LogP contribution >= 0.6 is 0 Å². The number of hydrogen-bond acceptors (Lipinski definition) is 5. The van der Waals surface area contributed by atoms with E-state index < -0.39 is 17.7 Å². The Bertz CT molecular complexity index is 893. The first-order valence-corrected chi connectivity index (χ1v) is 7.99. The number of ether oxygens (including phenoxy) is 1. The minimum absolute atomic E-state index is 0.167. The molecule has 6 nitrogen and oxygen atoms in total. The first-order chi connectivity index (χ1) is 11.8. The average molecular weight is 342 g/mol. The number of methoxy groups -OCH3 is 1. The number of anilines is 1. The van der Waals surface area contributed by atoms with Gasteiger partial charge in [-0.3, -0.25) is 4.79 Å². The van der Waals surface area contributed by atoms with Crippen LogP contribution in [0.15, 0.2) is 18.2 Å². The molecule has 3 rings (SSSR count). The second-order valence-corrected chi connectivity index (χ2v) is 6.61. The van der Waals surface area contributed by atoms with Crippen molar-refractivity contribution in [2.75, 3.05) is 12.8 Å². The summed E-state index contributed by atoms with van der Waals surface area (Å²) in [5.74, 6) is -1.34. The minimum atomic E-state index is -0.586. The quantitative estimate of drug-likeness (QED) is 0.862. The predicted molar refractivity (Wildman–Crippen MR) is 90.1 cm³/mol. The number of halogens is 1. The van der Waals surface area contributed by atoms with Gasteiger partial charge in [0.25, 0.3) is 0 Å². The van der Waals surface area contributed by atoms with Gasteiger partial charge in [-0.2, -0.15) is 10.4 Å². The van der Waals surface area contributed by atoms with Gasteiger partial charge in [-0.15, -0.1) is 0 Å². The van der Waals surface area contributed by atoms with E-state index >= 15 is 0 Å². The molecule has 2 N–H and O–H groups in total. The molecule has 25 heavy (non-hydrogen) atoms. The van der Waals surface area contributed by atoms with Crippen LogP contribution in [-0.4, -0.2) is 22.9 Å². The van der Waals surface area contributed by atoms with E-state index in [1.165, 1.54) is 19.2 Å². The zero-order valence-electron chi connectivity index (χ0n) is 14.3. The van der Waals surface area contributed by atoms with Gasteiger partial charge in [-0.1, -0.05) is 6.07 Å². The van der Waals surface area contributed by atoms with Crippen LogP contribution in [0.1, 0.15) is 43.7 Å². The highest BCUT2D eigenvalue weighted by Gasteiger charge is 2.43. The highest BCUT2D eigenvalue weighted by Crippen LogP contribution is 2.45. The van der Waals surface area contributed by atoms with Crippen molar-refractivity contribution >= 4 is 11.8 Å². The fraction of sp³-hybridized carbons (Fsp3) is 0.389. The monoisotopic (exact) mass is 342 g/mol. The van der Waals surface area contributed by atoms with Crippen LogP contribution in [-0.2, 0) is 15.1 Å². The summed E-state index contributed by atoms with van der Waals surface area (Å²) in [6.45, 7) is 3.64. The van der Waals surface area contributed by atoms with Crippen molar-refractivity contribution in [3.8, 4) is 17.3 Å². The first-order valence-electron chi connectivity index (χ1n) is 7.99. The largest absolute Gasteiger partial charge is 0.469 e. The van der Waals surface area contributed by atoms with Gasteiger partial charge >= 0.3 is 5.97 Å². The van der Waals surface area contributed by atoms with Crippen molar-refractivity contribution in [3.05, 3.63) is 35.1 Å². The number of rotatable bonds is 4. The summed E-state index contributed by atoms with van der Waals surface area (Å²) in [5, 5.41) is 13.8. The Balaban J connectivity index is 2.06. The number of nitrogens with zero attached hydrogens (tertiary/aromatic N) is 3. The second-order valence-electron chi connectivity index (χ2n) is 6.61. The van der Waals surface area contributed by atoms with Crippen molar-refractivity contribution in [2.24, 2.45) is 0 Å². The number of carbonyl (C=O) groups excluding carboxylic acids is 1. The molecule has 0 radical (unpaired) electrons. The van der Waals surface area contributed by atoms with E-state index in [-0.39, 0.29) is 28.2 Å². The molecule has 1 saturated carbocycles. The summed E-state index contributed by atoms with van der Waals surface area (Å²) in [5.41, 5.74) is 6.93. The van der Waals surface area contributed by atoms with Crippen LogP contribution in [0, 0.1) is 17.1 Å². The van der Waals surface area contributed by atoms with Crippen molar-refractivity contribution < 1.29 is 13.9 Å². The third kappa shape index (κ3) is 2.74. The van der Waals surface area contributed by atoms with Crippen LogP contribution < -0.4 is 5.73 Å². The maximum absolute atomic E-state index is 14.7. The number of aromatic nitrogens is 2. The smallest absolute Gasteiger partial charge is 0.312 e. The highest BCUT2D eigenvalue weighted by molar-refractivity contribution is 5.78. The number of benzene rings is 1. The van der Waals surface area contributed by atoms with Crippen LogP contribution in [0.25, 0.3) is 11.3 Å². The topological polar surface area (TPSA) is 93.9 Å². The maximum Gasteiger partial charge on any atom is 0.312 e. The van der Waals surface area contributed by atoms with Crippen molar-refractivity contribution in [2.45, 2.75) is 38.1 Å². The summed E-state index contributed by atoms with van der Waals surface area (Å²) in [7, 11) is 1.29. The maximum atomic E-state index is 14.7. The third-order valence-electron chi connectivity index (χ3n) is 4.82. The van der Waals surface area contributed by atoms with E-state index in [1.807, 2.05) is 13.0 Å². The van der Waals surface area contributed by atoms with Gasteiger partial charge in [-0.05, 0) is 44.4 Å². The summed E-state index contributed by atoms with van der Waals surface area (Å²) < 4.78 is 21.0. The molecule has 1 heterocycles. The SMILES string of the molecule is COC(=O)C(C)c1ccc(-c2nn(C3(C)CC3)c(N)c2C#N)c(F)c1. The van der Waals surface area contributed by atoms with Crippen molar-refractivity contribution in [1.29, 1.82) is 5.26 Å². The lowest BCUT2D eigenvalue weighted by Crippen LogP contribution is -2.16. The summed E-state index contributed by atoms with van der Waals surface area (Å²) in [6.07, 6.45) is 1.84. The molecule has 1 aromatic carbocycles. The fourth-order valence-electron chi connectivity index (χ4n) is 2.84. The van der Waals surface area contributed by atoms with Crippen LogP contribution in [0.5, 0.6) is 0 Å². The van der Waals surface area contributed by atoms with Gasteiger partial charge < -0.3 is 10.5 Å². The van der Waals surface area contributed by atoms with Crippen molar-refractivity contribution in [3.63, 3.8) is 0 Å². The Morgan fingerprint density at radius 2 is 2.20 bits per heavy atom. The second kappa shape index (κ2) is 5.88. The third-order valence-corrected chi connectivity index (χ3v) is 4.82. The molecule has 1 aromatic heterocycles. The van der Waals surface area contributed by atoms with Gasteiger partial charge in [-0.25, -0.2) is 9.07 Å². The minimum Gasteiger partial charge on any atom is -0.469 e. The molecule has 0 amide bonds. The van der Waals surface area contributed by atoms with E-state index in [2.05, 4.69) is 9.84 Å². The van der Waals surface area contributed by atoms with E-state index in [9.17, 15) is 14.4 Å². The molecule has 1 aliphatic rings. The molecule has 1 atom stereocenters. The Labute approximate surface area is 145 Å². The standard InChI is InChI=1S/C18H19FN4O2/c1-10(17(24)25-3)11-4-5-12(14(19)8-11)15-13(9-20)16(21)23(22-15)18(2)6-7-18/h4-5,8,10H,6-7,21H2,1-3H3. The molecule has 0 bridgehead atoms. The molecule has 0 spiro atoms. The summed E-state index contributed by atoms with van der Waals surface area (Å²) in [4.78, 5) is 11.6. The van der Waals surface area contributed by atoms with Crippen LogP contribution in [0.4, 0.5) is 10.2 Å². The normalized spacial score (nSPS) is 16.1. The lowest BCUT2D eigenvalue weighted by atomic mass is 9.98. The highest BCUT2D eigenvalue weighted by atomic mass is 19.1.